The van der Waals surface area contributed by atoms with Gasteiger partial charge in [0.2, 0.25) is 5.91 Å². The third-order valence-corrected chi connectivity index (χ3v) is 6.48. The third-order valence-electron chi connectivity index (χ3n) is 5.49. The van der Waals surface area contributed by atoms with Gasteiger partial charge in [0.05, 0.1) is 18.8 Å². The quantitative estimate of drug-likeness (QED) is 0.534. The number of amides is 3. The van der Waals surface area contributed by atoms with E-state index in [0.29, 0.717) is 24.6 Å². The van der Waals surface area contributed by atoms with E-state index in [0.717, 1.165) is 12.0 Å². The fourth-order valence-electron chi connectivity index (χ4n) is 3.91. The molecule has 4 rings (SSSR count). The van der Waals surface area contributed by atoms with Crippen LogP contribution in [-0.4, -0.2) is 48.0 Å². The molecule has 1 atom stereocenters. The molecule has 1 aliphatic heterocycles. The second-order valence-electron chi connectivity index (χ2n) is 7.69. The minimum Gasteiger partial charge on any atom is -0.491 e. The smallest absolute Gasteiger partial charge is 0.318 e. The first-order valence-electron chi connectivity index (χ1n) is 10.8. The Kier molecular flexibility index (Phi) is 7.29. The molecule has 3 amide bonds. The first-order chi connectivity index (χ1) is 16.0. The molecular formula is C24H26FN3O4S. The van der Waals surface area contributed by atoms with Gasteiger partial charge in [0.25, 0.3) is 0 Å². The van der Waals surface area contributed by atoms with Gasteiger partial charge in [-0.15, -0.1) is 11.3 Å². The van der Waals surface area contributed by atoms with Crippen molar-refractivity contribution in [1.82, 2.24) is 15.1 Å². The number of hydrogen-bond donors (Lipinski definition) is 1. The van der Waals surface area contributed by atoms with Crippen molar-refractivity contribution >= 4 is 23.3 Å². The molecular weight excluding hydrogens is 445 g/mol. The average molecular weight is 472 g/mol. The Bertz CT molecular complexity index is 1090. The highest BCUT2D eigenvalue weighted by Gasteiger charge is 2.33. The Morgan fingerprint density at radius 2 is 2.18 bits per heavy atom. The number of rotatable bonds is 8. The van der Waals surface area contributed by atoms with Crippen molar-refractivity contribution in [3.63, 3.8) is 0 Å². The maximum atomic E-state index is 13.6. The lowest BCUT2D eigenvalue weighted by Crippen LogP contribution is -2.49. The number of nitrogens with zero attached hydrogens (tertiary/aromatic N) is 2. The Labute approximate surface area is 195 Å². The Morgan fingerprint density at radius 1 is 1.30 bits per heavy atom. The van der Waals surface area contributed by atoms with Crippen molar-refractivity contribution in [1.29, 1.82) is 0 Å². The van der Waals surface area contributed by atoms with Crippen molar-refractivity contribution in [3.8, 4) is 5.75 Å². The Balaban J connectivity index is 1.51. The number of carbonyl (C=O) groups excluding carboxylic acids is 2. The molecule has 1 aliphatic rings. The highest BCUT2D eigenvalue weighted by atomic mass is 32.1. The Hall–Kier alpha value is -3.33. The number of benzene rings is 1. The number of carbonyl (C=O) groups is 2. The van der Waals surface area contributed by atoms with E-state index in [-0.39, 0.29) is 43.5 Å². The molecule has 9 heteroatoms. The van der Waals surface area contributed by atoms with E-state index < -0.39 is 0 Å². The molecule has 0 unspecified atom stereocenters. The topological polar surface area (TPSA) is 75.0 Å². The lowest BCUT2D eigenvalue weighted by molar-refractivity contribution is -0.135. The van der Waals surface area contributed by atoms with Gasteiger partial charge in [0, 0.05) is 24.0 Å². The molecule has 3 heterocycles. The average Bonchev–Trinajstić information content (AvgIpc) is 3.49. The van der Waals surface area contributed by atoms with Gasteiger partial charge in [-0.05, 0) is 54.6 Å². The van der Waals surface area contributed by atoms with Crippen molar-refractivity contribution < 1.29 is 23.1 Å². The zero-order valence-electron chi connectivity index (χ0n) is 18.3. The van der Waals surface area contributed by atoms with Crippen molar-refractivity contribution in [3.05, 3.63) is 76.1 Å². The van der Waals surface area contributed by atoms with Gasteiger partial charge in [-0.3, -0.25) is 4.79 Å². The van der Waals surface area contributed by atoms with Crippen LogP contribution >= 0.6 is 11.3 Å². The standard InChI is InChI=1S/C24H26FN3O4S/c1-2-26-24(30)27(14-19-7-4-11-31-19)15-23(29)28-10-8-22-20(9-12-33-22)21(28)16-32-18-6-3-5-17(25)13-18/h3-7,9,11-13,21H,2,8,10,14-16H2,1H3,(H,26,30)/t21-/m1/s1. The zero-order chi connectivity index (χ0) is 23.2. The van der Waals surface area contributed by atoms with Gasteiger partial charge < -0.3 is 24.3 Å². The molecule has 0 fully saturated rings. The second kappa shape index (κ2) is 10.5. The maximum Gasteiger partial charge on any atom is 0.318 e. The first-order valence-corrected chi connectivity index (χ1v) is 11.7. The molecule has 0 bridgehead atoms. The van der Waals surface area contributed by atoms with E-state index in [9.17, 15) is 14.0 Å². The summed E-state index contributed by atoms with van der Waals surface area (Å²) in [6, 6.07) is 10.8. The fraction of sp³-hybridized carbons (Fsp3) is 0.333. The van der Waals surface area contributed by atoms with Crippen LogP contribution in [0.5, 0.6) is 5.75 Å². The van der Waals surface area contributed by atoms with E-state index in [1.54, 1.807) is 40.5 Å². The molecule has 0 radical (unpaired) electrons. The number of halogens is 1. The highest BCUT2D eigenvalue weighted by Crippen LogP contribution is 2.34. The van der Waals surface area contributed by atoms with Crippen LogP contribution in [0.4, 0.5) is 9.18 Å². The van der Waals surface area contributed by atoms with Crippen LogP contribution < -0.4 is 10.1 Å². The van der Waals surface area contributed by atoms with Crippen molar-refractivity contribution in [2.45, 2.75) is 25.9 Å². The molecule has 0 spiro atoms. The number of hydrogen-bond acceptors (Lipinski definition) is 5. The summed E-state index contributed by atoms with van der Waals surface area (Å²) in [5.74, 6) is 0.443. The summed E-state index contributed by atoms with van der Waals surface area (Å²) in [4.78, 5) is 30.4. The van der Waals surface area contributed by atoms with E-state index in [2.05, 4.69) is 5.32 Å². The van der Waals surface area contributed by atoms with Crippen LogP contribution in [0.3, 0.4) is 0 Å². The third kappa shape index (κ3) is 5.54. The molecule has 174 valence electrons. The van der Waals surface area contributed by atoms with Gasteiger partial charge in [-0.2, -0.15) is 0 Å². The van der Waals surface area contributed by atoms with Crippen LogP contribution in [-0.2, 0) is 17.8 Å². The molecule has 1 aromatic carbocycles. The number of furan rings is 1. The summed E-state index contributed by atoms with van der Waals surface area (Å²) in [5.41, 5.74) is 1.03. The molecule has 2 aromatic heterocycles. The summed E-state index contributed by atoms with van der Waals surface area (Å²) in [6.45, 7) is 3.09. The van der Waals surface area contributed by atoms with E-state index in [4.69, 9.17) is 9.15 Å². The molecule has 3 aromatic rings. The fourth-order valence-corrected chi connectivity index (χ4v) is 4.84. The summed E-state index contributed by atoms with van der Waals surface area (Å²) in [6.07, 6.45) is 2.28. The SMILES string of the molecule is CCNC(=O)N(CC(=O)N1CCc2sccc2[C@H]1COc1cccc(F)c1)Cc1ccco1. The van der Waals surface area contributed by atoms with Crippen molar-refractivity contribution in [2.24, 2.45) is 0 Å². The van der Waals surface area contributed by atoms with E-state index in [1.165, 1.54) is 28.2 Å². The lowest BCUT2D eigenvalue weighted by atomic mass is 10.0. The minimum absolute atomic E-state index is 0.0948. The van der Waals surface area contributed by atoms with Gasteiger partial charge in [0.15, 0.2) is 0 Å². The lowest BCUT2D eigenvalue weighted by Gasteiger charge is -2.37. The first kappa shape index (κ1) is 22.8. The molecule has 1 N–H and O–H groups in total. The van der Waals surface area contributed by atoms with Crippen molar-refractivity contribution in [2.75, 3.05) is 26.2 Å². The second-order valence-corrected chi connectivity index (χ2v) is 8.69. The largest absolute Gasteiger partial charge is 0.491 e. The zero-order valence-corrected chi connectivity index (χ0v) is 19.1. The van der Waals surface area contributed by atoms with Crippen LogP contribution in [0.15, 0.2) is 58.5 Å². The van der Waals surface area contributed by atoms with Gasteiger partial charge in [0.1, 0.15) is 30.5 Å². The maximum absolute atomic E-state index is 13.6. The summed E-state index contributed by atoms with van der Waals surface area (Å²) in [5, 5.41) is 4.76. The predicted octanol–water partition coefficient (Wildman–Crippen LogP) is 4.22. The summed E-state index contributed by atoms with van der Waals surface area (Å²) < 4.78 is 24.8. The number of fused-ring (bicyclic) bond motifs is 1. The summed E-state index contributed by atoms with van der Waals surface area (Å²) >= 11 is 1.65. The van der Waals surface area contributed by atoms with Crippen LogP contribution in [0.1, 0.15) is 29.2 Å². The van der Waals surface area contributed by atoms with Gasteiger partial charge >= 0.3 is 6.03 Å². The van der Waals surface area contributed by atoms with Crippen LogP contribution in [0, 0.1) is 5.82 Å². The van der Waals surface area contributed by atoms with Gasteiger partial charge in [-0.25, -0.2) is 9.18 Å². The number of nitrogens with one attached hydrogen (secondary N) is 1. The number of urea groups is 1. The molecule has 7 nitrogen and oxygen atoms in total. The predicted molar refractivity (Wildman–Crippen MR) is 123 cm³/mol. The number of ether oxygens (including phenoxy) is 1. The molecule has 0 saturated carbocycles. The highest BCUT2D eigenvalue weighted by molar-refractivity contribution is 7.10. The van der Waals surface area contributed by atoms with E-state index >= 15 is 0 Å². The van der Waals surface area contributed by atoms with Gasteiger partial charge in [-0.1, -0.05) is 6.07 Å². The van der Waals surface area contributed by atoms with Crippen LogP contribution in [0.2, 0.25) is 0 Å². The minimum atomic E-state index is -0.379. The molecule has 33 heavy (non-hydrogen) atoms. The summed E-state index contributed by atoms with van der Waals surface area (Å²) in [7, 11) is 0. The monoisotopic (exact) mass is 471 g/mol. The van der Waals surface area contributed by atoms with E-state index in [1.807, 2.05) is 18.4 Å². The number of thiophene rings is 1. The van der Waals surface area contributed by atoms with Crippen LogP contribution in [0.25, 0.3) is 0 Å². The molecule has 0 aliphatic carbocycles. The Morgan fingerprint density at radius 3 is 2.94 bits per heavy atom. The molecule has 0 saturated heterocycles. The normalized spacial score (nSPS) is 15.1.